The molecule has 0 aliphatic carbocycles. The third kappa shape index (κ3) is 1.99. The molecule has 0 radical (unpaired) electrons. The Morgan fingerprint density at radius 3 is 2.46 bits per heavy atom. The van der Waals surface area contributed by atoms with Gasteiger partial charge in [0.15, 0.2) is 5.54 Å². The van der Waals surface area contributed by atoms with Crippen molar-refractivity contribution in [3.63, 3.8) is 0 Å². The number of likely N-dealkylation sites (N-methyl/N-ethyl adjacent to an activating group) is 1. The summed E-state index contributed by atoms with van der Waals surface area (Å²) in [6, 6.07) is 15.8. The minimum Gasteiger partial charge on any atom is -0.324 e. The van der Waals surface area contributed by atoms with Crippen LogP contribution in [0, 0.1) is 6.92 Å². The molecule has 2 aromatic rings. The normalized spacial score (nSPS) is 31.5. The zero-order valence-corrected chi connectivity index (χ0v) is 17.1. The number of hydrogen-bond acceptors (Lipinski definition) is 5. The van der Waals surface area contributed by atoms with Gasteiger partial charge in [0, 0.05) is 23.7 Å². The lowest BCUT2D eigenvalue weighted by Crippen LogP contribution is -2.61. The molecule has 3 atom stereocenters. The molecule has 7 heteroatoms. The van der Waals surface area contributed by atoms with Gasteiger partial charge in [0.05, 0.1) is 0 Å². The molecule has 0 bridgehead atoms. The van der Waals surface area contributed by atoms with Crippen molar-refractivity contribution in [2.24, 2.45) is 0 Å². The zero-order valence-electron chi connectivity index (χ0n) is 15.5. The number of para-hydroxylation sites is 1. The molecule has 2 saturated heterocycles. The second kappa shape index (κ2) is 5.89. The van der Waals surface area contributed by atoms with Crippen LogP contribution in [-0.2, 0) is 15.1 Å². The van der Waals surface area contributed by atoms with Gasteiger partial charge in [0.25, 0.3) is 5.91 Å². The van der Waals surface area contributed by atoms with Crippen molar-refractivity contribution in [3.8, 4) is 0 Å². The number of carbonyl (C=O) groups is 2. The maximum Gasteiger partial charge on any atom is 0.251 e. The average Bonchev–Trinajstić information content (AvgIpc) is 3.23. The minimum atomic E-state index is -1.12. The molecule has 0 saturated carbocycles. The van der Waals surface area contributed by atoms with Crippen LogP contribution in [0.2, 0.25) is 0 Å². The van der Waals surface area contributed by atoms with E-state index in [0.717, 1.165) is 22.4 Å². The maximum atomic E-state index is 13.5. The Balaban J connectivity index is 1.81. The standard InChI is InChI=1S/C21H19N3O2S2/c1-12-7-9-13(10-8-12)15-11-24(2)20(21(15)18(26)23-19(27)28-21)14-5-3-4-6-16(14)22-17(20)25/h3-10,15H,11H2,1-2H3,(H,22,25)(H,23,26,27)/t15-,20+,21-/m1/s1. The summed E-state index contributed by atoms with van der Waals surface area (Å²) in [4.78, 5) is 29.0. The third-order valence-electron chi connectivity index (χ3n) is 6.24. The predicted octanol–water partition coefficient (Wildman–Crippen LogP) is 2.76. The van der Waals surface area contributed by atoms with Crippen molar-refractivity contribution in [1.29, 1.82) is 0 Å². The van der Waals surface area contributed by atoms with E-state index in [1.165, 1.54) is 11.8 Å². The zero-order chi connectivity index (χ0) is 19.7. The lowest BCUT2D eigenvalue weighted by molar-refractivity contribution is -0.133. The molecular formula is C21H19N3O2S2. The van der Waals surface area contributed by atoms with Gasteiger partial charge in [-0.1, -0.05) is 72.0 Å². The number of thiocarbonyl (C=S) groups is 1. The van der Waals surface area contributed by atoms with Crippen LogP contribution in [0.4, 0.5) is 5.69 Å². The Hall–Kier alpha value is -2.22. The fraction of sp³-hybridized carbons (Fsp3) is 0.286. The van der Waals surface area contributed by atoms with E-state index in [1.54, 1.807) is 0 Å². The van der Waals surface area contributed by atoms with E-state index in [2.05, 4.69) is 22.8 Å². The third-order valence-corrected chi connectivity index (χ3v) is 7.96. The number of carbonyl (C=O) groups excluding carboxylic acids is 2. The Kier molecular flexibility index (Phi) is 3.75. The highest BCUT2D eigenvalue weighted by Crippen LogP contribution is 2.64. The number of amides is 2. The van der Waals surface area contributed by atoms with E-state index >= 15 is 0 Å². The van der Waals surface area contributed by atoms with Gasteiger partial charge in [-0.3, -0.25) is 14.5 Å². The molecule has 142 valence electrons. The molecule has 0 aromatic heterocycles. The highest BCUT2D eigenvalue weighted by atomic mass is 32.2. The van der Waals surface area contributed by atoms with Crippen molar-refractivity contribution in [2.45, 2.75) is 23.1 Å². The number of anilines is 1. The number of nitrogens with one attached hydrogen (secondary N) is 2. The molecule has 0 unspecified atom stereocenters. The Morgan fingerprint density at radius 1 is 1.07 bits per heavy atom. The van der Waals surface area contributed by atoms with Gasteiger partial charge in [-0.25, -0.2) is 0 Å². The minimum absolute atomic E-state index is 0.168. The number of rotatable bonds is 1. The Morgan fingerprint density at radius 2 is 1.79 bits per heavy atom. The summed E-state index contributed by atoms with van der Waals surface area (Å²) in [5.74, 6) is -0.539. The highest BCUT2D eigenvalue weighted by molar-refractivity contribution is 8.25. The summed E-state index contributed by atoms with van der Waals surface area (Å²) < 4.78 is -0.640. The summed E-state index contributed by atoms with van der Waals surface area (Å²) in [6.07, 6.45) is 0. The molecule has 2 aromatic carbocycles. The van der Waals surface area contributed by atoms with Crippen LogP contribution in [0.15, 0.2) is 48.5 Å². The lowest BCUT2D eigenvalue weighted by atomic mass is 9.72. The number of nitrogens with zero attached hydrogens (tertiary/aromatic N) is 1. The SMILES string of the molecule is Cc1ccc([C@H]2CN(C)[C@@]3(C(=O)Nc4ccccc43)[C@@]23SC(=S)NC3=O)cc1. The van der Waals surface area contributed by atoms with Crippen LogP contribution < -0.4 is 10.6 Å². The second-order valence-electron chi connectivity index (χ2n) is 7.63. The first-order valence-corrected chi connectivity index (χ1v) is 10.4. The number of fused-ring (bicyclic) bond motifs is 3. The van der Waals surface area contributed by atoms with Crippen LogP contribution in [0.1, 0.15) is 22.6 Å². The number of thioether (sulfide) groups is 1. The second-order valence-corrected chi connectivity index (χ2v) is 9.56. The summed E-state index contributed by atoms with van der Waals surface area (Å²) in [6.45, 7) is 2.61. The molecule has 28 heavy (non-hydrogen) atoms. The lowest BCUT2D eigenvalue weighted by Gasteiger charge is -2.41. The quantitative estimate of drug-likeness (QED) is 0.710. The first-order chi connectivity index (χ1) is 13.4. The molecule has 2 N–H and O–H groups in total. The summed E-state index contributed by atoms with van der Waals surface area (Å²) in [7, 11) is 1.92. The van der Waals surface area contributed by atoms with Crippen molar-refractivity contribution in [2.75, 3.05) is 18.9 Å². The largest absolute Gasteiger partial charge is 0.324 e. The van der Waals surface area contributed by atoms with Crippen LogP contribution in [0.25, 0.3) is 0 Å². The molecule has 5 rings (SSSR count). The van der Waals surface area contributed by atoms with E-state index in [1.807, 2.05) is 55.3 Å². The summed E-state index contributed by atoms with van der Waals surface area (Å²) in [5.41, 5.74) is 2.67. The fourth-order valence-corrected chi connectivity index (χ4v) is 7.00. The molecule has 3 aliphatic rings. The Labute approximate surface area is 172 Å². The number of hydrogen-bond donors (Lipinski definition) is 2. The van der Waals surface area contributed by atoms with Gasteiger partial charge in [-0.2, -0.15) is 0 Å². The van der Waals surface area contributed by atoms with Crippen LogP contribution >= 0.6 is 24.0 Å². The predicted molar refractivity (Wildman–Crippen MR) is 114 cm³/mol. The van der Waals surface area contributed by atoms with E-state index in [9.17, 15) is 9.59 Å². The van der Waals surface area contributed by atoms with Crippen LogP contribution in [-0.4, -0.2) is 39.4 Å². The Bertz CT molecular complexity index is 1040. The summed E-state index contributed by atoms with van der Waals surface area (Å²) in [5, 5.41) is 5.84. The van der Waals surface area contributed by atoms with Crippen molar-refractivity contribution >= 4 is 45.8 Å². The molecule has 2 fully saturated rings. The number of likely N-dealkylation sites (tertiary alicyclic amines) is 1. The highest BCUT2D eigenvalue weighted by Gasteiger charge is 2.76. The van der Waals surface area contributed by atoms with E-state index in [4.69, 9.17) is 12.2 Å². The smallest absolute Gasteiger partial charge is 0.251 e. The van der Waals surface area contributed by atoms with Gasteiger partial charge in [0.1, 0.15) is 9.07 Å². The number of benzene rings is 2. The number of aryl methyl sites for hydroxylation is 1. The average molecular weight is 410 g/mol. The first-order valence-electron chi connectivity index (χ1n) is 9.14. The summed E-state index contributed by atoms with van der Waals surface area (Å²) >= 11 is 6.73. The van der Waals surface area contributed by atoms with Gasteiger partial charge < -0.3 is 10.6 Å². The van der Waals surface area contributed by atoms with E-state index in [-0.39, 0.29) is 17.7 Å². The van der Waals surface area contributed by atoms with Crippen molar-refractivity contribution in [3.05, 3.63) is 65.2 Å². The monoisotopic (exact) mass is 409 g/mol. The molecular weight excluding hydrogens is 390 g/mol. The molecule has 3 aliphatic heterocycles. The van der Waals surface area contributed by atoms with Crippen molar-refractivity contribution < 1.29 is 9.59 Å². The molecule has 3 heterocycles. The van der Waals surface area contributed by atoms with Gasteiger partial charge in [-0.05, 0) is 25.6 Å². The topological polar surface area (TPSA) is 61.4 Å². The maximum absolute atomic E-state index is 13.5. The van der Waals surface area contributed by atoms with Gasteiger partial charge >= 0.3 is 0 Å². The molecule has 2 spiro atoms. The fourth-order valence-electron chi connectivity index (χ4n) is 5.08. The van der Waals surface area contributed by atoms with Gasteiger partial charge in [0.2, 0.25) is 5.91 Å². The molecule has 2 amide bonds. The van der Waals surface area contributed by atoms with E-state index in [0.29, 0.717) is 10.9 Å². The first kappa shape index (κ1) is 17.8. The van der Waals surface area contributed by atoms with Gasteiger partial charge in [-0.15, -0.1) is 0 Å². The van der Waals surface area contributed by atoms with Crippen LogP contribution in [0.3, 0.4) is 0 Å². The van der Waals surface area contributed by atoms with E-state index < -0.39 is 10.3 Å². The van der Waals surface area contributed by atoms with Crippen molar-refractivity contribution in [1.82, 2.24) is 10.2 Å². The van der Waals surface area contributed by atoms with Crippen LogP contribution in [0.5, 0.6) is 0 Å². The molecule has 5 nitrogen and oxygen atoms in total.